The molecule has 0 N–H and O–H groups in total. The van der Waals surface area contributed by atoms with Crippen molar-refractivity contribution in [1.82, 2.24) is 19.5 Å². The normalized spacial score (nSPS) is 18.4. The number of urea groups is 1. The standard InChI is InChI=1S/C21H17F2N5O/c22-17-9-16(10-18(23)11-17)20-2-5-25-28(20)21(29)26-12-15(13-26)7-14-3-6-27-19(8-14)1-4-24-27/h1,3-11,20H,2,12-13H2. The van der Waals surface area contributed by atoms with Gasteiger partial charge >= 0.3 is 6.03 Å². The summed E-state index contributed by atoms with van der Waals surface area (Å²) in [5, 5.41) is 9.62. The molecule has 29 heavy (non-hydrogen) atoms. The molecule has 146 valence electrons. The number of likely N-dealkylation sites (tertiary alicyclic amines) is 1. The van der Waals surface area contributed by atoms with Crippen LogP contribution in [0, 0.1) is 11.6 Å². The number of hydrogen-bond donors (Lipinski definition) is 0. The molecule has 2 amide bonds. The van der Waals surface area contributed by atoms with E-state index in [9.17, 15) is 13.6 Å². The van der Waals surface area contributed by atoms with Crippen molar-refractivity contribution in [3.63, 3.8) is 0 Å². The lowest BCUT2D eigenvalue weighted by molar-refractivity contribution is 0.136. The fourth-order valence-electron chi connectivity index (χ4n) is 3.72. The molecule has 1 unspecified atom stereocenters. The van der Waals surface area contributed by atoms with E-state index in [1.807, 2.05) is 24.4 Å². The van der Waals surface area contributed by atoms with Gasteiger partial charge in [0.15, 0.2) is 0 Å². The fraction of sp³-hybridized carbons (Fsp3) is 0.190. The van der Waals surface area contributed by atoms with Gasteiger partial charge in [0.05, 0.1) is 11.6 Å². The number of amides is 2. The molecule has 2 aromatic heterocycles. The van der Waals surface area contributed by atoms with Crippen molar-refractivity contribution in [3.8, 4) is 0 Å². The number of fused-ring (bicyclic) bond motifs is 1. The van der Waals surface area contributed by atoms with Crippen molar-refractivity contribution < 1.29 is 13.6 Å². The number of halogens is 2. The van der Waals surface area contributed by atoms with E-state index in [0.29, 0.717) is 25.1 Å². The Bertz CT molecular complexity index is 1140. The second kappa shape index (κ2) is 6.80. The van der Waals surface area contributed by atoms with E-state index in [-0.39, 0.29) is 6.03 Å². The minimum Gasteiger partial charge on any atom is -0.315 e. The first-order valence-electron chi connectivity index (χ1n) is 9.26. The van der Waals surface area contributed by atoms with Crippen LogP contribution >= 0.6 is 0 Å². The fourth-order valence-corrected chi connectivity index (χ4v) is 3.72. The molecule has 1 atom stereocenters. The van der Waals surface area contributed by atoms with E-state index in [4.69, 9.17) is 0 Å². The van der Waals surface area contributed by atoms with Crippen LogP contribution in [0.1, 0.15) is 23.6 Å². The van der Waals surface area contributed by atoms with Gasteiger partial charge in [-0.15, -0.1) is 0 Å². The summed E-state index contributed by atoms with van der Waals surface area (Å²) in [5.74, 6) is -1.33. The number of carbonyl (C=O) groups excluding carboxylic acids is 1. The minimum absolute atomic E-state index is 0.267. The highest BCUT2D eigenvalue weighted by atomic mass is 19.1. The van der Waals surface area contributed by atoms with Crippen LogP contribution in [0.2, 0.25) is 0 Å². The van der Waals surface area contributed by atoms with Crippen LogP contribution in [0.15, 0.2) is 59.5 Å². The summed E-state index contributed by atoms with van der Waals surface area (Å²) in [6.07, 6.45) is 7.72. The first-order chi connectivity index (χ1) is 14.1. The average molecular weight is 393 g/mol. The minimum atomic E-state index is -0.663. The van der Waals surface area contributed by atoms with Crippen LogP contribution in [-0.4, -0.2) is 44.9 Å². The molecule has 1 saturated heterocycles. The van der Waals surface area contributed by atoms with Crippen LogP contribution < -0.4 is 0 Å². The SMILES string of the molecule is O=C(N1CC(=Cc2ccn3nccc3c2)C1)N1N=CCC1c1cc(F)cc(F)c1. The van der Waals surface area contributed by atoms with E-state index in [1.165, 1.54) is 17.1 Å². The molecule has 6 nitrogen and oxygen atoms in total. The van der Waals surface area contributed by atoms with Crippen molar-refractivity contribution in [2.24, 2.45) is 5.10 Å². The number of carbonyl (C=O) groups is 1. The maximum Gasteiger partial charge on any atom is 0.341 e. The number of rotatable bonds is 2. The summed E-state index contributed by atoms with van der Waals surface area (Å²) in [4.78, 5) is 14.5. The van der Waals surface area contributed by atoms with Gasteiger partial charge in [-0.2, -0.15) is 10.2 Å². The Hall–Kier alpha value is -3.55. The molecular formula is C21H17F2N5O. The molecule has 0 spiro atoms. The third kappa shape index (κ3) is 3.26. The lowest BCUT2D eigenvalue weighted by atomic mass is 10.0. The lowest BCUT2D eigenvalue weighted by Gasteiger charge is -2.37. The van der Waals surface area contributed by atoms with Gasteiger partial charge in [-0.05, 0) is 47.0 Å². The van der Waals surface area contributed by atoms with Gasteiger partial charge in [0, 0.05) is 44.2 Å². The van der Waals surface area contributed by atoms with E-state index in [2.05, 4.69) is 16.3 Å². The molecule has 2 aliphatic heterocycles. The molecule has 5 rings (SSSR count). The molecule has 3 aromatic rings. The number of benzene rings is 1. The van der Waals surface area contributed by atoms with Crippen molar-refractivity contribution in [2.75, 3.05) is 13.1 Å². The van der Waals surface area contributed by atoms with Gasteiger partial charge in [-0.1, -0.05) is 6.08 Å². The summed E-state index contributed by atoms with van der Waals surface area (Å²) in [7, 11) is 0. The van der Waals surface area contributed by atoms with Gasteiger partial charge in [0.1, 0.15) is 11.6 Å². The predicted molar refractivity (Wildman–Crippen MR) is 104 cm³/mol. The van der Waals surface area contributed by atoms with Gasteiger partial charge < -0.3 is 4.90 Å². The Morgan fingerprint density at radius 3 is 2.69 bits per heavy atom. The predicted octanol–water partition coefficient (Wildman–Crippen LogP) is 3.86. The largest absolute Gasteiger partial charge is 0.341 e. The smallest absolute Gasteiger partial charge is 0.315 e. The van der Waals surface area contributed by atoms with Crippen molar-refractivity contribution in [3.05, 3.63) is 77.1 Å². The molecule has 2 aliphatic rings. The average Bonchev–Trinajstić information content (AvgIpc) is 3.31. The van der Waals surface area contributed by atoms with Crippen molar-refractivity contribution in [2.45, 2.75) is 12.5 Å². The number of aromatic nitrogens is 2. The Labute approximate surface area is 165 Å². The zero-order valence-electron chi connectivity index (χ0n) is 15.4. The topological polar surface area (TPSA) is 53.2 Å². The van der Waals surface area contributed by atoms with E-state index >= 15 is 0 Å². The molecular weight excluding hydrogens is 376 g/mol. The van der Waals surface area contributed by atoms with Gasteiger partial charge in [-0.25, -0.2) is 23.1 Å². The van der Waals surface area contributed by atoms with Gasteiger partial charge in [-0.3, -0.25) is 0 Å². The first-order valence-corrected chi connectivity index (χ1v) is 9.26. The molecule has 0 saturated carbocycles. The van der Waals surface area contributed by atoms with Crippen LogP contribution in [0.25, 0.3) is 11.6 Å². The van der Waals surface area contributed by atoms with E-state index in [0.717, 1.165) is 22.7 Å². The van der Waals surface area contributed by atoms with Gasteiger partial charge in [0.2, 0.25) is 0 Å². The zero-order valence-corrected chi connectivity index (χ0v) is 15.4. The third-order valence-electron chi connectivity index (χ3n) is 5.15. The second-order valence-corrected chi connectivity index (χ2v) is 7.20. The van der Waals surface area contributed by atoms with E-state index < -0.39 is 17.7 Å². The Kier molecular flexibility index (Phi) is 4.12. The lowest BCUT2D eigenvalue weighted by Crippen LogP contribution is -2.49. The molecule has 1 fully saturated rings. The molecule has 0 bridgehead atoms. The summed E-state index contributed by atoms with van der Waals surface area (Å²) in [6.45, 7) is 0.999. The summed E-state index contributed by atoms with van der Waals surface area (Å²) >= 11 is 0. The van der Waals surface area contributed by atoms with E-state index in [1.54, 1.807) is 21.8 Å². The Balaban J connectivity index is 1.28. The molecule has 8 heteroatoms. The summed E-state index contributed by atoms with van der Waals surface area (Å²) < 4.78 is 28.9. The molecule has 4 heterocycles. The van der Waals surface area contributed by atoms with Crippen LogP contribution in [-0.2, 0) is 0 Å². The zero-order chi connectivity index (χ0) is 20.0. The number of pyridine rings is 1. The maximum atomic E-state index is 13.6. The Morgan fingerprint density at radius 1 is 1.10 bits per heavy atom. The van der Waals surface area contributed by atoms with Crippen molar-refractivity contribution >= 4 is 23.8 Å². The highest BCUT2D eigenvalue weighted by Crippen LogP contribution is 2.32. The highest BCUT2D eigenvalue weighted by Gasteiger charge is 2.35. The number of hydrogen-bond acceptors (Lipinski definition) is 3. The molecule has 0 radical (unpaired) electrons. The number of nitrogens with zero attached hydrogens (tertiary/aromatic N) is 5. The van der Waals surface area contributed by atoms with Gasteiger partial charge in [0.25, 0.3) is 0 Å². The molecule has 1 aromatic carbocycles. The Morgan fingerprint density at radius 2 is 1.90 bits per heavy atom. The second-order valence-electron chi connectivity index (χ2n) is 7.20. The van der Waals surface area contributed by atoms with Crippen LogP contribution in [0.5, 0.6) is 0 Å². The quantitative estimate of drug-likeness (QED) is 0.664. The molecule has 0 aliphatic carbocycles. The third-order valence-corrected chi connectivity index (χ3v) is 5.15. The van der Waals surface area contributed by atoms with Crippen LogP contribution in [0.4, 0.5) is 13.6 Å². The van der Waals surface area contributed by atoms with Crippen molar-refractivity contribution in [1.29, 1.82) is 0 Å². The monoisotopic (exact) mass is 393 g/mol. The number of hydrazone groups is 1. The summed E-state index contributed by atoms with van der Waals surface area (Å²) in [5.41, 5.74) is 3.58. The van der Waals surface area contributed by atoms with Crippen LogP contribution in [0.3, 0.4) is 0 Å². The summed E-state index contributed by atoms with van der Waals surface area (Å²) in [6, 6.07) is 8.48. The maximum absolute atomic E-state index is 13.6. The first kappa shape index (κ1) is 17.5. The highest BCUT2D eigenvalue weighted by molar-refractivity contribution is 5.81.